The number of hydrogen-bond donors (Lipinski definition) is 0. The van der Waals surface area contributed by atoms with Crippen LogP contribution in [0, 0.1) is 6.92 Å². The summed E-state index contributed by atoms with van der Waals surface area (Å²) in [4.78, 5) is 2.22. The summed E-state index contributed by atoms with van der Waals surface area (Å²) >= 11 is 0.708. The first-order chi connectivity index (χ1) is 2.89. The SMILES string of the molecule is Cc1ccc[se]1. The fourth-order valence-corrected chi connectivity index (χ4v) is 1.47. The molecule has 0 aromatic carbocycles. The molecule has 0 radical (unpaired) electrons. The van der Waals surface area contributed by atoms with Crippen LogP contribution in [0.2, 0.25) is 0 Å². The van der Waals surface area contributed by atoms with Gasteiger partial charge in [-0.15, -0.1) is 0 Å². The molecule has 1 heterocycles. The van der Waals surface area contributed by atoms with Gasteiger partial charge in [-0.2, -0.15) is 0 Å². The van der Waals surface area contributed by atoms with Gasteiger partial charge in [0.15, 0.2) is 0 Å². The van der Waals surface area contributed by atoms with Crippen molar-refractivity contribution in [1.29, 1.82) is 0 Å². The molecule has 0 saturated carbocycles. The summed E-state index contributed by atoms with van der Waals surface area (Å²) in [6.07, 6.45) is 0. The zero-order valence-corrected chi connectivity index (χ0v) is 5.35. The van der Waals surface area contributed by atoms with Crippen LogP contribution in [0.25, 0.3) is 0 Å². The summed E-state index contributed by atoms with van der Waals surface area (Å²) in [6.45, 7) is 2.17. The van der Waals surface area contributed by atoms with Crippen molar-refractivity contribution in [3.8, 4) is 0 Å². The second kappa shape index (κ2) is 1.63. The molecule has 1 aromatic rings. The fourth-order valence-electron chi connectivity index (χ4n) is 0.361. The molecule has 0 saturated heterocycles. The monoisotopic (exact) mass is 146 g/mol. The van der Waals surface area contributed by atoms with Gasteiger partial charge >= 0.3 is 42.9 Å². The summed E-state index contributed by atoms with van der Waals surface area (Å²) in [5, 5.41) is 0. The second-order valence-electron chi connectivity index (χ2n) is 1.22. The predicted molar refractivity (Wildman–Crippen MR) is 28.1 cm³/mol. The van der Waals surface area contributed by atoms with E-state index in [1.165, 1.54) is 4.44 Å². The molecule has 1 heteroatoms. The zero-order valence-electron chi connectivity index (χ0n) is 3.64. The van der Waals surface area contributed by atoms with Crippen LogP contribution in [0.4, 0.5) is 0 Å². The maximum atomic E-state index is 2.22. The number of hydrogen-bond acceptors (Lipinski definition) is 0. The van der Waals surface area contributed by atoms with Gasteiger partial charge < -0.3 is 0 Å². The quantitative estimate of drug-likeness (QED) is 0.478. The van der Waals surface area contributed by atoms with E-state index in [-0.39, 0.29) is 0 Å². The number of rotatable bonds is 0. The van der Waals surface area contributed by atoms with Crippen LogP contribution < -0.4 is 0 Å². The molecule has 0 amide bonds. The van der Waals surface area contributed by atoms with E-state index in [1.54, 1.807) is 0 Å². The van der Waals surface area contributed by atoms with Gasteiger partial charge in [-0.3, -0.25) is 0 Å². The topological polar surface area (TPSA) is 0 Å². The summed E-state index contributed by atoms with van der Waals surface area (Å²) in [6, 6.07) is 4.29. The van der Waals surface area contributed by atoms with Crippen LogP contribution in [-0.4, -0.2) is 14.5 Å². The summed E-state index contributed by atoms with van der Waals surface area (Å²) in [5.41, 5.74) is 0. The first-order valence-corrected chi connectivity index (χ1v) is 3.74. The molecule has 0 aliphatic rings. The minimum atomic E-state index is 0.708. The van der Waals surface area contributed by atoms with Gasteiger partial charge in [-0.1, -0.05) is 0 Å². The number of aryl methyl sites for hydroxylation is 1. The fraction of sp³-hybridized carbons (Fsp3) is 0.200. The minimum absolute atomic E-state index is 0.708. The Labute approximate surface area is 43.6 Å². The summed E-state index contributed by atoms with van der Waals surface area (Å²) in [7, 11) is 0. The molecule has 0 atom stereocenters. The summed E-state index contributed by atoms with van der Waals surface area (Å²) in [5.74, 6) is 0. The van der Waals surface area contributed by atoms with Crippen molar-refractivity contribution in [2.75, 3.05) is 0 Å². The van der Waals surface area contributed by atoms with Crippen molar-refractivity contribution in [1.82, 2.24) is 0 Å². The van der Waals surface area contributed by atoms with E-state index in [4.69, 9.17) is 0 Å². The molecule has 0 fully saturated rings. The Hall–Kier alpha value is -0.000519. The van der Waals surface area contributed by atoms with Crippen LogP contribution in [0.1, 0.15) is 4.44 Å². The van der Waals surface area contributed by atoms with Crippen molar-refractivity contribution in [3.05, 3.63) is 21.5 Å². The molecule has 32 valence electrons. The van der Waals surface area contributed by atoms with Crippen LogP contribution in [0.3, 0.4) is 0 Å². The van der Waals surface area contributed by atoms with E-state index in [0.29, 0.717) is 14.5 Å². The van der Waals surface area contributed by atoms with Gasteiger partial charge in [0, 0.05) is 0 Å². The molecule has 0 N–H and O–H groups in total. The van der Waals surface area contributed by atoms with E-state index in [9.17, 15) is 0 Å². The molecule has 0 bridgehead atoms. The van der Waals surface area contributed by atoms with Gasteiger partial charge in [-0.05, 0) is 0 Å². The summed E-state index contributed by atoms with van der Waals surface area (Å²) < 4.78 is 1.53. The van der Waals surface area contributed by atoms with Crippen molar-refractivity contribution < 1.29 is 0 Å². The van der Waals surface area contributed by atoms with Crippen molar-refractivity contribution >= 4 is 14.5 Å². The Kier molecular flexibility index (Phi) is 1.13. The normalized spacial score (nSPS) is 8.83. The molecule has 0 nitrogen and oxygen atoms in total. The van der Waals surface area contributed by atoms with Crippen molar-refractivity contribution in [2.24, 2.45) is 0 Å². The molecule has 0 aliphatic heterocycles. The predicted octanol–water partition coefficient (Wildman–Crippen LogP) is 1.05. The van der Waals surface area contributed by atoms with E-state index in [0.717, 1.165) is 0 Å². The first kappa shape index (κ1) is 4.17. The molecule has 0 spiro atoms. The van der Waals surface area contributed by atoms with Crippen LogP contribution in [0.5, 0.6) is 0 Å². The van der Waals surface area contributed by atoms with Crippen molar-refractivity contribution in [2.45, 2.75) is 6.92 Å². The van der Waals surface area contributed by atoms with Gasteiger partial charge in [0.1, 0.15) is 0 Å². The zero-order chi connectivity index (χ0) is 4.41. The Morgan fingerprint density at radius 3 is 2.67 bits per heavy atom. The molecule has 0 aliphatic carbocycles. The maximum absolute atomic E-state index is 2.22. The van der Waals surface area contributed by atoms with Gasteiger partial charge in [0.05, 0.1) is 0 Å². The molecular weight excluding hydrogens is 139 g/mol. The molecular formula is C5H6Se. The molecule has 1 aromatic heterocycles. The Balaban J connectivity index is 3.05. The van der Waals surface area contributed by atoms with Gasteiger partial charge in [0.25, 0.3) is 0 Å². The average molecular weight is 145 g/mol. The average Bonchev–Trinajstić information content (AvgIpc) is 1.86. The van der Waals surface area contributed by atoms with Gasteiger partial charge in [-0.25, -0.2) is 0 Å². The third-order valence-electron chi connectivity index (χ3n) is 0.663. The Morgan fingerprint density at radius 2 is 2.50 bits per heavy atom. The Bertz CT molecular complexity index is 107. The molecule has 6 heavy (non-hydrogen) atoms. The second-order valence-corrected chi connectivity index (χ2v) is 3.64. The van der Waals surface area contributed by atoms with Crippen LogP contribution in [0.15, 0.2) is 17.1 Å². The Morgan fingerprint density at radius 1 is 1.67 bits per heavy atom. The van der Waals surface area contributed by atoms with E-state index < -0.39 is 0 Å². The van der Waals surface area contributed by atoms with Gasteiger partial charge in [0.2, 0.25) is 0 Å². The first-order valence-electron chi connectivity index (χ1n) is 1.90. The van der Waals surface area contributed by atoms with Crippen LogP contribution in [-0.2, 0) is 0 Å². The van der Waals surface area contributed by atoms with E-state index in [2.05, 4.69) is 24.0 Å². The third kappa shape index (κ3) is 0.734. The molecule has 1 rings (SSSR count). The van der Waals surface area contributed by atoms with E-state index >= 15 is 0 Å². The van der Waals surface area contributed by atoms with E-state index in [1.807, 2.05) is 0 Å². The third-order valence-corrected chi connectivity index (χ3v) is 2.34. The van der Waals surface area contributed by atoms with Crippen molar-refractivity contribution in [3.63, 3.8) is 0 Å². The van der Waals surface area contributed by atoms with Crippen LogP contribution >= 0.6 is 0 Å². The standard InChI is InChI=1S/C5H6Se/c1-5-3-2-4-6-5/h2-4H,1H3. The molecule has 0 unspecified atom stereocenters.